The van der Waals surface area contributed by atoms with Gasteiger partial charge in [-0.2, -0.15) is 10.2 Å². The van der Waals surface area contributed by atoms with Crippen molar-refractivity contribution in [3.05, 3.63) is 210 Å². The van der Waals surface area contributed by atoms with E-state index in [1.807, 2.05) is 0 Å². The van der Waals surface area contributed by atoms with E-state index in [9.17, 15) is 0 Å². The van der Waals surface area contributed by atoms with Gasteiger partial charge in [-0.3, -0.25) is 0 Å². The van der Waals surface area contributed by atoms with Crippen molar-refractivity contribution in [3.63, 3.8) is 0 Å². The topological polar surface area (TPSA) is 37.7 Å². The SMILES string of the molecule is Cc1cc(C)c(B(c2cccc(N3CN(c4ccccc4)C(c4ccccc4)=N3)c2)c2cccc(N3CN(c4ccccc4)C(c4ccccc4)=N3)c2)c(C)c1. The molecule has 0 bridgehead atoms. The summed E-state index contributed by atoms with van der Waals surface area (Å²) in [7, 11) is 0. The van der Waals surface area contributed by atoms with Crippen LogP contribution in [0.2, 0.25) is 0 Å². The molecule has 6 nitrogen and oxygen atoms in total. The van der Waals surface area contributed by atoms with Gasteiger partial charge in [0.15, 0.2) is 11.7 Å². The maximum Gasteiger partial charge on any atom is 0.242 e. The molecular formula is C49H43BN6. The second kappa shape index (κ2) is 15.1. The molecule has 0 fully saturated rings. The molecule has 0 amide bonds. The molecule has 0 radical (unpaired) electrons. The summed E-state index contributed by atoms with van der Waals surface area (Å²) in [6, 6.07) is 64.5. The lowest BCUT2D eigenvalue weighted by molar-refractivity contribution is 0.912. The second-order valence-electron chi connectivity index (χ2n) is 14.6. The van der Waals surface area contributed by atoms with Crippen LogP contribution in [-0.2, 0) is 0 Å². The third kappa shape index (κ3) is 6.84. The Balaban J connectivity index is 1.12. The highest BCUT2D eigenvalue weighted by Gasteiger charge is 2.31. The molecule has 0 aliphatic carbocycles. The first-order valence-corrected chi connectivity index (χ1v) is 19.3. The van der Waals surface area contributed by atoms with E-state index in [-0.39, 0.29) is 6.71 Å². The van der Waals surface area contributed by atoms with Crippen LogP contribution in [0.3, 0.4) is 0 Å². The lowest BCUT2D eigenvalue weighted by Gasteiger charge is -2.25. The maximum atomic E-state index is 5.26. The monoisotopic (exact) mass is 726 g/mol. The van der Waals surface area contributed by atoms with Crippen molar-refractivity contribution in [1.29, 1.82) is 0 Å². The van der Waals surface area contributed by atoms with Gasteiger partial charge in [0, 0.05) is 22.5 Å². The van der Waals surface area contributed by atoms with Gasteiger partial charge in [-0.05, 0) is 69.3 Å². The van der Waals surface area contributed by atoms with Gasteiger partial charge in [0.1, 0.15) is 13.3 Å². The standard InChI is InChI=1S/C49H43BN6/c1-36-30-37(2)47(38(3)31-36)50(41-22-16-28-45(32-41)55-34-53(43-24-12-6-13-25-43)48(51-55)39-18-8-4-9-19-39)42-23-17-29-46(33-42)56-35-54(44-26-14-7-15-27-44)49(52-56)40-20-10-5-11-21-40/h4-33H,34-35H2,1-3H3. The largest absolute Gasteiger partial charge is 0.304 e. The van der Waals surface area contributed by atoms with Crippen molar-refractivity contribution in [3.8, 4) is 0 Å². The van der Waals surface area contributed by atoms with Gasteiger partial charge in [0.2, 0.25) is 6.71 Å². The third-order valence-electron chi connectivity index (χ3n) is 10.7. The Hall–Kier alpha value is -6.86. The van der Waals surface area contributed by atoms with Crippen molar-refractivity contribution in [2.45, 2.75) is 20.8 Å². The smallest absolute Gasteiger partial charge is 0.242 e. The summed E-state index contributed by atoms with van der Waals surface area (Å²) < 4.78 is 0. The molecular weight excluding hydrogens is 683 g/mol. The molecule has 0 saturated heterocycles. The fraction of sp³-hybridized carbons (Fsp3) is 0.102. The summed E-state index contributed by atoms with van der Waals surface area (Å²) >= 11 is 0. The Morgan fingerprint density at radius 3 is 1.20 bits per heavy atom. The Bertz CT molecular complexity index is 2370. The van der Waals surface area contributed by atoms with Crippen molar-refractivity contribution in [1.82, 2.24) is 0 Å². The quantitative estimate of drug-likeness (QED) is 0.140. The van der Waals surface area contributed by atoms with Gasteiger partial charge >= 0.3 is 0 Å². The summed E-state index contributed by atoms with van der Waals surface area (Å²) in [6.07, 6.45) is 0. The molecule has 0 atom stereocenters. The Kier molecular flexibility index (Phi) is 9.41. The normalized spacial score (nSPS) is 13.9. The van der Waals surface area contributed by atoms with Crippen molar-refractivity contribution in [2.75, 3.05) is 33.2 Å². The van der Waals surface area contributed by atoms with E-state index >= 15 is 0 Å². The van der Waals surface area contributed by atoms with Crippen LogP contribution in [0.1, 0.15) is 27.8 Å². The van der Waals surface area contributed by atoms with Gasteiger partial charge in [-0.15, -0.1) is 0 Å². The van der Waals surface area contributed by atoms with E-state index in [1.54, 1.807) is 0 Å². The van der Waals surface area contributed by atoms with E-state index in [1.165, 1.54) is 33.1 Å². The first-order chi connectivity index (χ1) is 27.5. The molecule has 7 aromatic rings. The second-order valence-corrected chi connectivity index (χ2v) is 14.6. The van der Waals surface area contributed by atoms with Gasteiger partial charge in [0.25, 0.3) is 0 Å². The number of amidine groups is 2. The van der Waals surface area contributed by atoms with E-state index in [0.717, 1.165) is 45.5 Å². The van der Waals surface area contributed by atoms with Crippen molar-refractivity contribution < 1.29 is 0 Å². The first-order valence-electron chi connectivity index (χ1n) is 19.3. The molecule has 0 aromatic heterocycles. The molecule has 2 aliphatic heterocycles. The number of hydrazone groups is 2. The number of anilines is 4. The lowest BCUT2D eigenvalue weighted by Crippen LogP contribution is -2.54. The average Bonchev–Trinajstić information content (AvgIpc) is 3.90. The number of para-hydroxylation sites is 2. The minimum atomic E-state index is -0.0219. The molecule has 7 aromatic carbocycles. The lowest BCUT2D eigenvalue weighted by atomic mass is 9.35. The highest BCUT2D eigenvalue weighted by Crippen LogP contribution is 2.29. The molecule has 0 spiro atoms. The highest BCUT2D eigenvalue weighted by atomic mass is 15.6. The molecule has 0 unspecified atom stereocenters. The van der Waals surface area contributed by atoms with Crippen LogP contribution in [0.5, 0.6) is 0 Å². The number of rotatable bonds is 9. The molecule has 0 N–H and O–H groups in total. The van der Waals surface area contributed by atoms with E-state index < -0.39 is 0 Å². The molecule has 9 rings (SSSR count). The van der Waals surface area contributed by atoms with Crippen LogP contribution in [0.25, 0.3) is 0 Å². The summed E-state index contributed by atoms with van der Waals surface area (Å²) in [5, 5.41) is 14.8. The number of benzene rings is 7. The minimum absolute atomic E-state index is 0.0219. The number of aryl methyl sites for hydroxylation is 3. The maximum absolute atomic E-state index is 5.26. The highest BCUT2D eigenvalue weighted by molar-refractivity contribution is 6.96. The molecule has 2 aliphatic rings. The van der Waals surface area contributed by atoms with E-state index in [2.05, 4.69) is 223 Å². The zero-order valence-electron chi connectivity index (χ0n) is 32.0. The van der Waals surface area contributed by atoms with E-state index in [4.69, 9.17) is 10.2 Å². The summed E-state index contributed by atoms with van der Waals surface area (Å²) in [4.78, 5) is 4.58. The molecule has 0 saturated carbocycles. The van der Waals surface area contributed by atoms with Crippen molar-refractivity contribution in [2.24, 2.45) is 10.2 Å². The third-order valence-corrected chi connectivity index (χ3v) is 10.7. The van der Waals surface area contributed by atoms with Crippen LogP contribution >= 0.6 is 0 Å². The van der Waals surface area contributed by atoms with Crippen molar-refractivity contribution >= 4 is 57.5 Å². The van der Waals surface area contributed by atoms with Crippen LogP contribution < -0.4 is 36.2 Å². The average molecular weight is 727 g/mol. The fourth-order valence-electron chi connectivity index (χ4n) is 8.21. The Morgan fingerprint density at radius 1 is 0.411 bits per heavy atom. The number of hydrogen-bond donors (Lipinski definition) is 0. The summed E-state index contributed by atoms with van der Waals surface area (Å²) in [6.45, 7) is 7.87. The van der Waals surface area contributed by atoms with Gasteiger partial charge in [-0.1, -0.05) is 167 Å². The zero-order chi connectivity index (χ0) is 38.0. The zero-order valence-corrected chi connectivity index (χ0v) is 32.0. The van der Waals surface area contributed by atoms with Crippen LogP contribution in [0.4, 0.5) is 22.7 Å². The number of hydrogen-bond acceptors (Lipinski definition) is 6. The van der Waals surface area contributed by atoms with Gasteiger partial charge < -0.3 is 9.80 Å². The van der Waals surface area contributed by atoms with Crippen LogP contribution in [0, 0.1) is 20.8 Å². The first kappa shape index (κ1) is 34.9. The summed E-state index contributed by atoms with van der Waals surface area (Å²) in [5.74, 6) is 1.87. The van der Waals surface area contributed by atoms with Crippen LogP contribution in [-0.4, -0.2) is 31.7 Å². The molecule has 56 heavy (non-hydrogen) atoms. The van der Waals surface area contributed by atoms with Crippen LogP contribution in [0.15, 0.2) is 192 Å². The predicted molar refractivity (Wildman–Crippen MR) is 237 cm³/mol. The number of nitrogens with zero attached hydrogens (tertiary/aromatic N) is 6. The molecule has 272 valence electrons. The summed E-state index contributed by atoms with van der Waals surface area (Å²) in [5.41, 5.74) is 14.1. The Morgan fingerprint density at radius 2 is 0.786 bits per heavy atom. The molecule has 2 heterocycles. The predicted octanol–water partition coefficient (Wildman–Crippen LogP) is 8.42. The fourth-order valence-corrected chi connectivity index (χ4v) is 8.21. The van der Waals surface area contributed by atoms with E-state index in [0.29, 0.717) is 13.3 Å². The Labute approximate surface area is 330 Å². The minimum Gasteiger partial charge on any atom is -0.304 e. The van der Waals surface area contributed by atoms with Gasteiger partial charge in [-0.25, -0.2) is 10.0 Å². The molecule has 7 heteroatoms. The van der Waals surface area contributed by atoms with Gasteiger partial charge in [0.05, 0.1) is 11.4 Å².